The lowest BCUT2D eigenvalue weighted by Gasteiger charge is -2.34. The van der Waals surface area contributed by atoms with E-state index in [2.05, 4.69) is 11.8 Å². The van der Waals surface area contributed by atoms with E-state index in [1.807, 2.05) is 12.1 Å². The molecule has 0 spiro atoms. The summed E-state index contributed by atoms with van der Waals surface area (Å²) >= 11 is 0. The third-order valence-corrected chi connectivity index (χ3v) is 3.57. The number of piperidine rings is 1. The first-order valence-electron chi connectivity index (χ1n) is 6.29. The van der Waals surface area contributed by atoms with Crippen molar-refractivity contribution in [1.29, 1.82) is 0 Å². The summed E-state index contributed by atoms with van der Waals surface area (Å²) in [6, 6.07) is 7.31. The Morgan fingerprint density at radius 2 is 2.24 bits per heavy atom. The highest BCUT2D eigenvalue weighted by Crippen LogP contribution is 2.27. The number of carbonyl (C=O) groups is 1. The quantitative estimate of drug-likeness (QED) is 0.872. The normalized spacial score (nSPS) is 20.3. The smallest absolute Gasteiger partial charge is 0.337 e. The number of rotatable bonds is 3. The van der Waals surface area contributed by atoms with E-state index >= 15 is 0 Å². The van der Waals surface area contributed by atoms with Crippen molar-refractivity contribution in [2.75, 3.05) is 18.0 Å². The van der Waals surface area contributed by atoms with E-state index in [-0.39, 0.29) is 0 Å². The molecule has 0 bridgehead atoms. The summed E-state index contributed by atoms with van der Waals surface area (Å²) in [6.45, 7) is 4.17. The van der Waals surface area contributed by atoms with Crippen molar-refractivity contribution in [1.82, 2.24) is 0 Å². The Labute approximate surface area is 102 Å². The zero-order chi connectivity index (χ0) is 12.3. The first-order valence-corrected chi connectivity index (χ1v) is 6.29. The fraction of sp³-hybridized carbons (Fsp3) is 0.500. The van der Waals surface area contributed by atoms with Gasteiger partial charge < -0.3 is 10.0 Å². The van der Waals surface area contributed by atoms with Crippen LogP contribution < -0.4 is 4.90 Å². The number of aromatic carboxylic acids is 1. The summed E-state index contributed by atoms with van der Waals surface area (Å²) < 4.78 is 0. The highest BCUT2D eigenvalue weighted by atomic mass is 16.4. The van der Waals surface area contributed by atoms with Crippen LogP contribution in [0, 0.1) is 5.92 Å². The van der Waals surface area contributed by atoms with Crippen LogP contribution in [-0.2, 0) is 0 Å². The molecule has 1 aromatic carbocycles. The number of nitrogens with zero attached hydrogens (tertiary/aromatic N) is 1. The second-order valence-corrected chi connectivity index (χ2v) is 4.68. The van der Waals surface area contributed by atoms with Gasteiger partial charge in [-0.25, -0.2) is 4.79 Å². The van der Waals surface area contributed by atoms with Crippen molar-refractivity contribution in [3.63, 3.8) is 0 Å². The van der Waals surface area contributed by atoms with Crippen molar-refractivity contribution in [2.24, 2.45) is 5.92 Å². The third-order valence-electron chi connectivity index (χ3n) is 3.57. The molecule has 0 aliphatic carbocycles. The van der Waals surface area contributed by atoms with Gasteiger partial charge in [0.1, 0.15) is 0 Å². The Bertz CT molecular complexity index is 403. The molecule has 1 atom stereocenters. The van der Waals surface area contributed by atoms with Crippen LogP contribution in [0.25, 0.3) is 0 Å². The molecule has 3 heteroatoms. The largest absolute Gasteiger partial charge is 0.478 e. The van der Waals surface area contributed by atoms with Crippen molar-refractivity contribution in [2.45, 2.75) is 26.2 Å². The van der Waals surface area contributed by atoms with Crippen molar-refractivity contribution in [3.8, 4) is 0 Å². The Morgan fingerprint density at radius 1 is 1.47 bits per heavy atom. The number of anilines is 1. The van der Waals surface area contributed by atoms with Gasteiger partial charge in [-0.15, -0.1) is 0 Å². The van der Waals surface area contributed by atoms with Gasteiger partial charge in [-0.2, -0.15) is 0 Å². The van der Waals surface area contributed by atoms with Crippen LogP contribution in [0.3, 0.4) is 0 Å². The van der Waals surface area contributed by atoms with Gasteiger partial charge >= 0.3 is 5.97 Å². The molecule has 92 valence electrons. The number of carboxylic acids is 1. The first-order chi connectivity index (χ1) is 8.22. The van der Waals surface area contributed by atoms with Gasteiger partial charge in [0.25, 0.3) is 0 Å². The molecule has 0 aromatic heterocycles. The molecule has 1 saturated heterocycles. The summed E-state index contributed by atoms with van der Waals surface area (Å²) in [5, 5.41) is 9.19. The van der Waals surface area contributed by atoms with Crippen LogP contribution in [-0.4, -0.2) is 24.2 Å². The third kappa shape index (κ3) is 2.60. The maximum atomic E-state index is 11.2. The Hall–Kier alpha value is -1.51. The molecule has 1 heterocycles. The van der Waals surface area contributed by atoms with E-state index < -0.39 is 5.97 Å². The second kappa shape index (κ2) is 5.21. The molecule has 0 radical (unpaired) electrons. The Kier molecular flexibility index (Phi) is 3.67. The van der Waals surface area contributed by atoms with Gasteiger partial charge in [0.05, 0.1) is 11.3 Å². The topological polar surface area (TPSA) is 40.5 Å². The summed E-state index contributed by atoms with van der Waals surface area (Å²) in [4.78, 5) is 13.4. The summed E-state index contributed by atoms with van der Waals surface area (Å²) in [7, 11) is 0. The molecule has 1 unspecified atom stereocenters. The molecule has 1 aliphatic heterocycles. The van der Waals surface area contributed by atoms with Crippen LogP contribution in [0.5, 0.6) is 0 Å². The van der Waals surface area contributed by atoms with Crippen LogP contribution in [0.1, 0.15) is 36.5 Å². The predicted molar refractivity (Wildman–Crippen MR) is 68.6 cm³/mol. The lowest BCUT2D eigenvalue weighted by atomic mass is 9.95. The van der Waals surface area contributed by atoms with E-state index in [4.69, 9.17) is 0 Å². The predicted octanol–water partition coefficient (Wildman–Crippen LogP) is 3.01. The van der Waals surface area contributed by atoms with Gasteiger partial charge in [0, 0.05) is 13.1 Å². The molecule has 0 saturated carbocycles. The molecular weight excluding hydrogens is 214 g/mol. The maximum absolute atomic E-state index is 11.2. The minimum absolute atomic E-state index is 0.421. The average molecular weight is 233 g/mol. The van der Waals surface area contributed by atoms with Gasteiger partial charge in [0.15, 0.2) is 0 Å². The van der Waals surface area contributed by atoms with Crippen LogP contribution in [0.15, 0.2) is 24.3 Å². The van der Waals surface area contributed by atoms with Crippen LogP contribution >= 0.6 is 0 Å². The number of carboxylic acid groups (broad SMARTS) is 1. The molecule has 1 aliphatic rings. The molecule has 0 amide bonds. The highest BCUT2D eigenvalue weighted by molar-refractivity contribution is 5.94. The number of para-hydroxylation sites is 1. The molecule has 1 aromatic rings. The zero-order valence-corrected chi connectivity index (χ0v) is 10.2. The number of benzene rings is 1. The van der Waals surface area contributed by atoms with E-state index in [0.717, 1.165) is 25.2 Å². The van der Waals surface area contributed by atoms with Crippen molar-refractivity contribution >= 4 is 11.7 Å². The molecule has 2 rings (SSSR count). The van der Waals surface area contributed by atoms with Crippen molar-refractivity contribution in [3.05, 3.63) is 29.8 Å². The summed E-state index contributed by atoms with van der Waals surface area (Å²) in [5.74, 6) is -0.134. The molecular formula is C14H19NO2. The molecule has 17 heavy (non-hydrogen) atoms. The minimum atomic E-state index is -0.834. The van der Waals surface area contributed by atoms with Gasteiger partial charge in [-0.1, -0.05) is 25.5 Å². The van der Waals surface area contributed by atoms with Gasteiger partial charge in [-0.3, -0.25) is 0 Å². The number of hydrogen-bond acceptors (Lipinski definition) is 2. The first kappa shape index (κ1) is 12.0. The minimum Gasteiger partial charge on any atom is -0.478 e. The van der Waals surface area contributed by atoms with E-state index in [0.29, 0.717) is 11.5 Å². The fourth-order valence-corrected chi connectivity index (χ4v) is 2.55. The lowest BCUT2D eigenvalue weighted by Crippen LogP contribution is -2.36. The van der Waals surface area contributed by atoms with E-state index in [9.17, 15) is 9.90 Å². The van der Waals surface area contributed by atoms with E-state index in [1.165, 1.54) is 12.8 Å². The van der Waals surface area contributed by atoms with Gasteiger partial charge in [-0.05, 0) is 30.9 Å². The highest BCUT2D eigenvalue weighted by Gasteiger charge is 2.21. The number of hydrogen-bond donors (Lipinski definition) is 1. The molecule has 1 fully saturated rings. The molecule has 3 nitrogen and oxygen atoms in total. The average Bonchev–Trinajstić information content (AvgIpc) is 2.39. The Balaban J connectivity index is 2.24. The zero-order valence-electron chi connectivity index (χ0n) is 10.2. The van der Waals surface area contributed by atoms with Gasteiger partial charge in [0.2, 0.25) is 0 Å². The summed E-state index contributed by atoms with van der Waals surface area (Å²) in [5.41, 5.74) is 1.29. The Morgan fingerprint density at radius 3 is 2.94 bits per heavy atom. The SMILES string of the molecule is CCC1CCCN(c2ccccc2C(=O)O)C1. The van der Waals surface area contributed by atoms with Crippen molar-refractivity contribution < 1.29 is 9.90 Å². The standard InChI is InChI=1S/C14H19NO2/c1-2-11-6-5-9-15(10-11)13-8-4-3-7-12(13)14(16)17/h3-4,7-8,11H,2,5-6,9-10H2,1H3,(H,16,17). The maximum Gasteiger partial charge on any atom is 0.337 e. The molecule has 1 N–H and O–H groups in total. The van der Waals surface area contributed by atoms with Crippen LogP contribution in [0.2, 0.25) is 0 Å². The summed E-state index contributed by atoms with van der Waals surface area (Å²) in [6.07, 6.45) is 3.60. The monoisotopic (exact) mass is 233 g/mol. The van der Waals surface area contributed by atoms with Crippen LogP contribution in [0.4, 0.5) is 5.69 Å². The fourth-order valence-electron chi connectivity index (χ4n) is 2.55. The lowest BCUT2D eigenvalue weighted by molar-refractivity contribution is 0.0697. The van der Waals surface area contributed by atoms with E-state index in [1.54, 1.807) is 12.1 Å². The second-order valence-electron chi connectivity index (χ2n) is 4.68.